The molecule has 0 bridgehead atoms. The van der Waals surface area contributed by atoms with Gasteiger partial charge in [0.15, 0.2) is 11.0 Å². The van der Waals surface area contributed by atoms with Crippen LogP contribution in [-0.4, -0.2) is 26.4 Å². The number of amides is 1. The summed E-state index contributed by atoms with van der Waals surface area (Å²) in [5, 5.41) is 12.3. The number of hydrogen-bond donors (Lipinski definition) is 1. The number of aromatic nitrogens is 3. The van der Waals surface area contributed by atoms with Gasteiger partial charge < -0.3 is 9.88 Å². The summed E-state index contributed by atoms with van der Waals surface area (Å²) in [4.78, 5) is 12.3. The lowest BCUT2D eigenvalue weighted by Gasteiger charge is -2.09. The molecule has 0 aliphatic rings. The highest BCUT2D eigenvalue weighted by Crippen LogP contribution is 2.26. The Morgan fingerprint density at radius 3 is 2.48 bits per heavy atom. The Morgan fingerprint density at radius 2 is 1.81 bits per heavy atom. The van der Waals surface area contributed by atoms with Gasteiger partial charge in [0.25, 0.3) is 0 Å². The van der Waals surface area contributed by atoms with E-state index in [0.717, 1.165) is 40.8 Å². The summed E-state index contributed by atoms with van der Waals surface area (Å²) in [7, 11) is 0. The summed E-state index contributed by atoms with van der Waals surface area (Å²) in [6, 6.07) is 16.1. The van der Waals surface area contributed by atoms with Gasteiger partial charge in [0.05, 0.1) is 5.75 Å². The second kappa shape index (κ2) is 8.86. The molecule has 3 rings (SSSR count). The van der Waals surface area contributed by atoms with Gasteiger partial charge in [0.1, 0.15) is 0 Å². The molecule has 1 amide bonds. The summed E-state index contributed by atoms with van der Waals surface area (Å²) in [5.41, 5.74) is 4.29. The number of hydrogen-bond acceptors (Lipinski definition) is 4. The van der Waals surface area contributed by atoms with Gasteiger partial charge >= 0.3 is 0 Å². The van der Waals surface area contributed by atoms with Crippen LogP contribution in [0.15, 0.2) is 53.7 Å². The maximum Gasteiger partial charge on any atom is 0.234 e. The predicted octanol–water partition coefficient (Wildman–Crippen LogP) is 4.57. The number of thioether (sulfide) groups is 1. The highest BCUT2D eigenvalue weighted by Gasteiger charge is 2.15. The van der Waals surface area contributed by atoms with Crippen LogP contribution in [0.4, 0.5) is 5.69 Å². The van der Waals surface area contributed by atoms with E-state index in [2.05, 4.69) is 46.9 Å². The van der Waals surface area contributed by atoms with Gasteiger partial charge in [-0.3, -0.25) is 4.79 Å². The molecule has 1 N–H and O–H groups in total. The van der Waals surface area contributed by atoms with Gasteiger partial charge in [-0.05, 0) is 43.5 Å². The molecule has 0 spiro atoms. The van der Waals surface area contributed by atoms with Crippen LogP contribution in [0.3, 0.4) is 0 Å². The van der Waals surface area contributed by atoms with Crippen LogP contribution in [0.5, 0.6) is 0 Å². The van der Waals surface area contributed by atoms with Crippen LogP contribution in [0, 0.1) is 6.92 Å². The van der Waals surface area contributed by atoms with E-state index in [1.54, 1.807) is 0 Å². The molecule has 27 heavy (non-hydrogen) atoms. The van der Waals surface area contributed by atoms with Crippen LogP contribution < -0.4 is 5.32 Å². The molecule has 140 valence electrons. The topological polar surface area (TPSA) is 59.8 Å². The summed E-state index contributed by atoms with van der Waals surface area (Å²) < 4.78 is 2.05. The van der Waals surface area contributed by atoms with Crippen molar-refractivity contribution < 1.29 is 4.79 Å². The standard InChI is InChI=1S/C21H24N4OS/c1-4-16-10-12-17(13-11-16)22-19(26)14-27-21-24-23-20(25(21)5-2)18-9-7-6-8-15(18)3/h6-13H,4-5,14H2,1-3H3,(H,22,26). The number of aryl methyl sites for hydroxylation is 2. The van der Waals surface area contributed by atoms with Gasteiger partial charge in [0, 0.05) is 17.8 Å². The molecule has 0 radical (unpaired) electrons. The molecule has 0 unspecified atom stereocenters. The van der Waals surface area contributed by atoms with Crippen LogP contribution in [0.25, 0.3) is 11.4 Å². The zero-order valence-electron chi connectivity index (χ0n) is 15.9. The first kappa shape index (κ1) is 19.2. The minimum absolute atomic E-state index is 0.0488. The molecule has 1 aromatic heterocycles. The molecule has 0 fully saturated rings. The average molecular weight is 381 g/mol. The monoisotopic (exact) mass is 380 g/mol. The number of benzene rings is 2. The molecule has 2 aromatic carbocycles. The largest absolute Gasteiger partial charge is 0.325 e. The predicted molar refractivity (Wildman–Crippen MR) is 111 cm³/mol. The van der Waals surface area contributed by atoms with Crippen LogP contribution in [0.2, 0.25) is 0 Å². The van der Waals surface area contributed by atoms with E-state index in [1.165, 1.54) is 17.3 Å². The molecular weight excluding hydrogens is 356 g/mol. The Kier molecular flexibility index (Phi) is 6.29. The van der Waals surface area contributed by atoms with Crippen molar-refractivity contribution in [1.82, 2.24) is 14.8 Å². The smallest absolute Gasteiger partial charge is 0.234 e. The fraction of sp³-hybridized carbons (Fsp3) is 0.286. The summed E-state index contributed by atoms with van der Waals surface area (Å²) >= 11 is 1.41. The fourth-order valence-corrected chi connectivity index (χ4v) is 3.66. The van der Waals surface area contributed by atoms with E-state index in [0.29, 0.717) is 5.75 Å². The van der Waals surface area contributed by atoms with Crippen molar-refractivity contribution in [3.8, 4) is 11.4 Å². The van der Waals surface area contributed by atoms with Crippen molar-refractivity contribution in [2.45, 2.75) is 38.9 Å². The average Bonchev–Trinajstić information content (AvgIpc) is 3.10. The second-order valence-corrected chi connectivity index (χ2v) is 7.20. The van der Waals surface area contributed by atoms with E-state index < -0.39 is 0 Å². The first-order valence-electron chi connectivity index (χ1n) is 9.13. The summed E-state index contributed by atoms with van der Waals surface area (Å²) in [6.45, 7) is 6.98. The highest BCUT2D eigenvalue weighted by molar-refractivity contribution is 7.99. The third-order valence-electron chi connectivity index (χ3n) is 4.40. The minimum atomic E-state index is -0.0488. The van der Waals surface area contributed by atoms with Gasteiger partial charge in [-0.1, -0.05) is 55.1 Å². The van der Waals surface area contributed by atoms with Crippen LogP contribution in [0.1, 0.15) is 25.0 Å². The van der Waals surface area contributed by atoms with E-state index in [1.807, 2.05) is 42.5 Å². The minimum Gasteiger partial charge on any atom is -0.325 e. The number of carbonyl (C=O) groups is 1. The van der Waals surface area contributed by atoms with Crippen molar-refractivity contribution in [2.75, 3.05) is 11.1 Å². The van der Waals surface area contributed by atoms with Crippen molar-refractivity contribution in [3.05, 3.63) is 59.7 Å². The van der Waals surface area contributed by atoms with E-state index in [9.17, 15) is 4.79 Å². The third kappa shape index (κ3) is 4.57. The molecule has 6 heteroatoms. The van der Waals surface area contributed by atoms with Crippen molar-refractivity contribution in [1.29, 1.82) is 0 Å². The molecule has 0 saturated carbocycles. The highest BCUT2D eigenvalue weighted by atomic mass is 32.2. The van der Waals surface area contributed by atoms with Gasteiger partial charge in [-0.25, -0.2) is 0 Å². The molecule has 0 atom stereocenters. The lowest BCUT2D eigenvalue weighted by atomic mass is 10.1. The van der Waals surface area contributed by atoms with Gasteiger partial charge in [-0.15, -0.1) is 10.2 Å². The third-order valence-corrected chi connectivity index (χ3v) is 5.36. The quantitative estimate of drug-likeness (QED) is 0.610. The van der Waals surface area contributed by atoms with E-state index in [-0.39, 0.29) is 5.91 Å². The Balaban J connectivity index is 1.67. The number of anilines is 1. The lowest BCUT2D eigenvalue weighted by Crippen LogP contribution is -2.14. The van der Waals surface area contributed by atoms with Crippen molar-refractivity contribution in [2.24, 2.45) is 0 Å². The lowest BCUT2D eigenvalue weighted by molar-refractivity contribution is -0.113. The number of nitrogens with zero attached hydrogens (tertiary/aromatic N) is 3. The molecule has 5 nitrogen and oxygen atoms in total. The molecule has 0 aliphatic carbocycles. The Bertz CT molecular complexity index is 918. The Labute approximate surface area is 164 Å². The normalized spacial score (nSPS) is 10.8. The SMILES string of the molecule is CCc1ccc(NC(=O)CSc2nnc(-c3ccccc3C)n2CC)cc1. The van der Waals surface area contributed by atoms with Crippen LogP contribution >= 0.6 is 11.8 Å². The van der Waals surface area contributed by atoms with E-state index >= 15 is 0 Å². The maximum absolute atomic E-state index is 12.3. The van der Waals surface area contributed by atoms with Gasteiger partial charge in [-0.2, -0.15) is 0 Å². The second-order valence-electron chi connectivity index (χ2n) is 6.25. The molecule has 0 saturated heterocycles. The van der Waals surface area contributed by atoms with E-state index in [4.69, 9.17) is 0 Å². The molecule has 3 aromatic rings. The summed E-state index contributed by atoms with van der Waals surface area (Å²) in [5.74, 6) is 1.09. The fourth-order valence-electron chi connectivity index (χ4n) is 2.85. The zero-order chi connectivity index (χ0) is 19.2. The van der Waals surface area contributed by atoms with Gasteiger partial charge in [0.2, 0.25) is 5.91 Å². The Hall–Kier alpha value is -2.60. The van der Waals surface area contributed by atoms with Crippen molar-refractivity contribution >= 4 is 23.4 Å². The number of nitrogens with one attached hydrogen (secondary N) is 1. The zero-order valence-corrected chi connectivity index (χ0v) is 16.7. The number of carbonyl (C=O) groups excluding carboxylic acids is 1. The first-order chi connectivity index (χ1) is 13.1. The maximum atomic E-state index is 12.3. The van der Waals surface area contributed by atoms with Crippen LogP contribution in [-0.2, 0) is 17.8 Å². The Morgan fingerprint density at radius 1 is 1.07 bits per heavy atom. The summed E-state index contributed by atoms with van der Waals surface area (Å²) in [6.07, 6.45) is 0.986. The van der Waals surface area contributed by atoms with Crippen molar-refractivity contribution in [3.63, 3.8) is 0 Å². The first-order valence-corrected chi connectivity index (χ1v) is 10.1. The molecular formula is C21H24N4OS. The number of rotatable bonds is 7. The molecule has 1 heterocycles. The molecule has 0 aliphatic heterocycles.